The van der Waals surface area contributed by atoms with E-state index in [1.165, 1.54) is 0 Å². The van der Waals surface area contributed by atoms with Gasteiger partial charge < -0.3 is 14.9 Å². The van der Waals surface area contributed by atoms with Crippen LogP contribution in [0, 0.1) is 11.8 Å². The molecule has 0 unspecified atom stereocenters. The summed E-state index contributed by atoms with van der Waals surface area (Å²) in [7, 11) is 0. The van der Waals surface area contributed by atoms with E-state index < -0.39 is 6.10 Å². The van der Waals surface area contributed by atoms with Gasteiger partial charge in [-0.1, -0.05) is 63.2 Å². The lowest BCUT2D eigenvalue weighted by molar-refractivity contribution is -0.966. The molecule has 0 spiro atoms. The van der Waals surface area contributed by atoms with Crippen LogP contribution in [0.5, 0.6) is 0 Å². The molecule has 5 nitrogen and oxygen atoms in total. The summed E-state index contributed by atoms with van der Waals surface area (Å²) in [6, 6.07) is 17.9. The molecule has 36 heavy (non-hydrogen) atoms. The topological polar surface area (TPSA) is 62.2 Å². The van der Waals surface area contributed by atoms with Crippen LogP contribution in [-0.4, -0.2) is 46.2 Å². The molecule has 6 rings (SSSR count). The number of anilines is 1. The van der Waals surface area contributed by atoms with E-state index in [0.29, 0.717) is 22.9 Å². The van der Waals surface area contributed by atoms with E-state index in [2.05, 4.69) is 49.8 Å². The van der Waals surface area contributed by atoms with Crippen LogP contribution in [0.2, 0.25) is 0 Å². The van der Waals surface area contributed by atoms with Crippen LogP contribution in [0.1, 0.15) is 50.8 Å². The molecular weight excluding hydrogens is 446 g/mol. The Labute approximate surface area is 214 Å². The first-order chi connectivity index (χ1) is 17.2. The van der Waals surface area contributed by atoms with Crippen LogP contribution in [0.15, 0.2) is 73.4 Å². The van der Waals surface area contributed by atoms with E-state index >= 15 is 0 Å². The van der Waals surface area contributed by atoms with Gasteiger partial charge in [0.15, 0.2) is 6.54 Å². The van der Waals surface area contributed by atoms with Gasteiger partial charge >= 0.3 is 0 Å². The number of aliphatic hydroxyl groups is 1. The van der Waals surface area contributed by atoms with Crippen LogP contribution in [0.4, 0.5) is 5.69 Å². The monoisotopic (exact) mass is 484 g/mol. The molecule has 0 radical (unpaired) electrons. The van der Waals surface area contributed by atoms with Crippen LogP contribution in [-0.2, 0) is 10.2 Å². The molecule has 3 aliphatic heterocycles. The first kappa shape index (κ1) is 24.7. The zero-order chi connectivity index (χ0) is 25.5. The summed E-state index contributed by atoms with van der Waals surface area (Å²) in [5, 5.41) is 16.1. The predicted octanol–water partition coefficient (Wildman–Crippen LogP) is 5.62. The maximum Gasteiger partial charge on any atom is 0.279 e. The van der Waals surface area contributed by atoms with Gasteiger partial charge in [0.1, 0.15) is 12.1 Å². The average molecular weight is 485 g/mol. The number of quaternary nitrogens is 1. The molecule has 3 aliphatic rings. The van der Waals surface area contributed by atoms with Crippen molar-refractivity contribution in [1.82, 2.24) is 4.98 Å². The lowest BCUT2D eigenvalue weighted by Crippen LogP contribution is -2.69. The van der Waals surface area contributed by atoms with Gasteiger partial charge in [-0.25, -0.2) is 0 Å². The molecule has 3 saturated heterocycles. The summed E-state index contributed by atoms with van der Waals surface area (Å²) in [4.78, 5) is 18.1. The largest absolute Gasteiger partial charge is 0.382 e. The maximum absolute atomic E-state index is 13.6. The van der Waals surface area contributed by atoms with Crippen molar-refractivity contribution in [3.63, 3.8) is 0 Å². The Bertz CT molecular complexity index is 1270. The highest BCUT2D eigenvalue weighted by Crippen LogP contribution is 2.47. The number of aliphatic hydroxyl groups excluding tert-OH is 1. The van der Waals surface area contributed by atoms with Gasteiger partial charge in [-0.05, 0) is 40.7 Å². The Morgan fingerprint density at radius 1 is 1.19 bits per heavy atom. The zero-order valence-electron chi connectivity index (χ0n) is 21.7. The number of pyridine rings is 1. The van der Waals surface area contributed by atoms with Crippen molar-refractivity contribution in [2.45, 2.75) is 51.2 Å². The third-order valence-corrected chi connectivity index (χ3v) is 8.51. The minimum absolute atomic E-state index is 0.00616. The number of fused-ring (bicyclic) bond motifs is 4. The summed E-state index contributed by atoms with van der Waals surface area (Å²) in [6.45, 7) is 12.7. The fourth-order valence-electron chi connectivity index (χ4n) is 6.69. The van der Waals surface area contributed by atoms with Gasteiger partial charge in [-0.2, -0.15) is 0 Å². The number of hydrogen-bond acceptors (Lipinski definition) is 3. The molecule has 2 aromatic carbocycles. The minimum atomic E-state index is -0.666. The second kappa shape index (κ2) is 9.45. The van der Waals surface area contributed by atoms with E-state index in [1.807, 2.05) is 48.5 Å². The number of benzene rings is 2. The SMILES string of the molecule is C=C[C@H]1C[N@+]2(CC(=O)Nc3ccccc3C(C)(C)C)CC[C@H]1C[C@@H]2[C@@H](O)c1ccnc2ccccc12. The number of carbonyl (C=O) groups is 1. The lowest BCUT2D eigenvalue weighted by Gasteiger charge is -2.57. The number of aromatic nitrogens is 1. The second-order valence-electron chi connectivity index (χ2n) is 11.7. The summed E-state index contributed by atoms with van der Waals surface area (Å²) < 4.78 is 0.592. The van der Waals surface area contributed by atoms with E-state index in [4.69, 9.17) is 0 Å². The average Bonchev–Trinajstić information content (AvgIpc) is 2.87. The lowest BCUT2D eigenvalue weighted by atomic mass is 9.71. The van der Waals surface area contributed by atoms with Crippen LogP contribution in [0.25, 0.3) is 10.9 Å². The number of nitrogens with zero attached hydrogens (tertiary/aromatic N) is 2. The third kappa shape index (κ3) is 4.46. The molecule has 5 heteroatoms. The van der Waals surface area contributed by atoms with E-state index in [-0.39, 0.29) is 17.4 Å². The number of piperidine rings is 3. The normalized spacial score (nSPS) is 26.5. The number of carbonyl (C=O) groups excluding carboxylic acids is 1. The Balaban J connectivity index is 1.46. The highest BCUT2D eigenvalue weighted by molar-refractivity contribution is 5.92. The number of hydrogen-bond donors (Lipinski definition) is 2. The van der Waals surface area contributed by atoms with E-state index in [9.17, 15) is 9.90 Å². The highest BCUT2D eigenvalue weighted by atomic mass is 16.3. The Morgan fingerprint density at radius 3 is 2.72 bits per heavy atom. The molecule has 2 N–H and O–H groups in total. The first-order valence-electron chi connectivity index (χ1n) is 13.1. The van der Waals surface area contributed by atoms with Crippen molar-refractivity contribution < 1.29 is 14.4 Å². The maximum atomic E-state index is 13.6. The molecule has 4 heterocycles. The third-order valence-electron chi connectivity index (χ3n) is 8.51. The van der Waals surface area contributed by atoms with Crippen molar-refractivity contribution in [3.8, 4) is 0 Å². The van der Waals surface area contributed by atoms with Gasteiger partial charge in [-0.3, -0.25) is 9.78 Å². The van der Waals surface area contributed by atoms with Gasteiger partial charge in [0.05, 0.1) is 18.6 Å². The fraction of sp³-hybridized carbons (Fsp3) is 0.419. The smallest absolute Gasteiger partial charge is 0.279 e. The van der Waals surface area contributed by atoms with Gasteiger partial charge in [0.2, 0.25) is 0 Å². The van der Waals surface area contributed by atoms with Crippen molar-refractivity contribution in [2.24, 2.45) is 11.8 Å². The Morgan fingerprint density at radius 2 is 1.94 bits per heavy atom. The standard InChI is InChI=1S/C31H37N3O2/c1-5-21-19-34(20-29(35)33-27-13-9-7-11-25(27)31(2,3)4)17-15-22(21)18-28(34)30(36)24-14-16-32-26-12-8-6-10-23(24)26/h5-14,16,21-22,28,30,36H,1,15,17-20H2,2-4H3/p+1/t21-,22-,28+,30-,34-/m0/s1. The van der Waals surface area contributed by atoms with E-state index in [0.717, 1.165) is 53.6 Å². The molecule has 2 bridgehead atoms. The minimum Gasteiger partial charge on any atom is -0.382 e. The van der Waals surface area contributed by atoms with Crippen molar-refractivity contribution in [2.75, 3.05) is 25.0 Å². The molecular formula is C31H38N3O2+. The summed E-state index contributed by atoms with van der Waals surface area (Å²) in [5.41, 5.74) is 3.72. The number of nitrogens with one attached hydrogen (secondary N) is 1. The molecule has 188 valence electrons. The zero-order valence-corrected chi connectivity index (χ0v) is 21.7. The van der Waals surface area contributed by atoms with Gasteiger partial charge in [0.25, 0.3) is 5.91 Å². The molecule has 1 aromatic heterocycles. The van der Waals surface area contributed by atoms with Crippen LogP contribution in [0.3, 0.4) is 0 Å². The molecule has 0 aliphatic carbocycles. The van der Waals surface area contributed by atoms with E-state index in [1.54, 1.807) is 6.20 Å². The summed E-state index contributed by atoms with van der Waals surface area (Å²) in [5.74, 6) is 0.873. The molecule has 3 fully saturated rings. The second-order valence-corrected chi connectivity index (χ2v) is 11.7. The number of amides is 1. The molecule has 1 amide bonds. The van der Waals surface area contributed by atoms with Crippen molar-refractivity contribution in [3.05, 3.63) is 84.6 Å². The Kier molecular flexibility index (Phi) is 6.48. The Hall–Kier alpha value is -3.02. The van der Waals surface area contributed by atoms with Crippen molar-refractivity contribution in [1.29, 1.82) is 0 Å². The van der Waals surface area contributed by atoms with Gasteiger partial charge in [0, 0.05) is 36.0 Å². The number of para-hydroxylation sites is 2. The molecule has 0 saturated carbocycles. The fourth-order valence-corrected chi connectivity index (χ4v) is 6.69. The summed E-state index contributed by atoms with van der Waals surface area (Å²) in [6.07, 6.45) is 5.13. The predicted molar refractivity (Wildman–Crippen MR) is 146 cm³/mol. The van der Waals surface area contributed by atoms with Crippen LogP contribution >= 0.6 is 0 Å². The first-order valence-corrected chi connectivity index (χ1v) is 13.1. The van der Waals surface area contributed by atoms with Crippen LogP contribution < -0.4 is 5.32 Å². The highest BCUT2D eigenvalue weighted by Gasteiger charge is 2.54. The molecule has 3 aromatic rings. The number of rotatable bonds is 6. The van der Waals surface area contributed by atoms with Crippen molar-refractivity contribution >= 4 is 22.5 Å². The van der Waals surface area contributed by atoms with Gasteiger partial charge in [-0.15, -0.1) is 6.58 Å². The molecule has 5 atom stereocenters. The quantitative estimate of drug-likeness (QED) is 0.353. The summed E-state index contributed by atoms with van der Waals surface area (Å²) >= 11 is 0.